The molecule has 1 N–H and O–H groups in total. The maximum Gasteiger partial charge on any atom is 0.171 e. The van der Waals surface area contributed by atoms with Crippen molar-refractivity contribution in [2.75, 3.05) is 6.61 Å². The first-order valence-electron chi connectivity index (χ1n) is 13.3. The van der Waals surface area contributed by atoms with E-state index >= 15 is 0 Å². The molecular formula is C27H44O3. The zero-order valence-corrected chi connectivity index (χ0v) is 19.7. The molecule has 2 saturated heterocycles. The molecule has 3 nitrogen and oxygen atoms in total. The number of aliphatic hydroxyl groups is 1. The molecule has 1 spiro atoms. The first-order chi connectivity index (χ1) is 14.3. The van der Waals surface area contributed by atoms with Crippen molar-refractivity contribution in [2.24, 2.45) is 52.3 Å². The van der Waals surface area contributed by atoms with Crippen LogP contribution in [-0.4, -0.2) is 29.7 Å². The van der Waals surface area contributed by atoms with Gasteiger partial charge in [0.15, 0.2) is 5.79 Å². The molecule has 4 saturated carbocycles. The van der Waals surface area contributed by atoms with Gasteiger partial charge in [0.1, 0.15) is 0 Å². The second-order valence-corrected chi connectivity index (χ2v) is 13.1. The number of hydrogen-bond donors (Lipinski definition) is 1. The van der Waals surface area contributed by atoms with Crippen LogP contribution in [0.3, 0.4) is 0 Å². The van der Waals surface area contributed by atoms with E-state index < -0.39 is 0 Å². The van der Waals surface area contributed by atoms with Crippen LogP contribution in [0, 0.1) is 52.3 Å². The normalized spacial score (nSPS) is 62.5. The summed E-state index contributed by atoms with van der Waals surface area (Å²) in [5.41, 5.74) is 0.899. The van der Waals surface area contributed by atoms with Gasteiger partial charge in [-0.05, 0) is 104 Å². The molecule has 6 aliphatic rings. The SMILES string of the molecule is CC1CCC2(OC1)OC1CC3C4CC[C@H]5CC(O)CC[C@]5(C)C4CC[C@]3(C)C1C2C. The summed E-state index contributed by atoms with van der Waals surface area (Å²) in [6.07, 6.45) is 12.9. The second-order valence-electron chi connectivity index (χ2n) is 13.1. The third-order valence-electron chi connectivity index (χ3n) is 11.9. The molecule has 0 aromatic rings. The summed E-state index contributed by atoms with van der Waals surface area (Å²) in [5, 5.41) is 10.3. The quantitative estimate of drug-likeness (QED) is 0.543. The molecule has 9 unspecified atom stereocenters. The standard InChI is InChI=1S/C27H44O3/c1-16-7-12-27(29-15-16)17(2)24-23(30-27)14-22-20-6-5-18-13-19(28)8-10-25(18,3)21(20)9-11-26(22,24)4/h16-24,28H,5-15H2,1-4H3/t16?,17?,18-,19?,20?,21?,22?,23?,24?,25-,26-,27?/m0/s1. The Bertz CT molecular complexity index is 684. The fourth-order valence-electron chi connectivity index (χ4n) is 10.3. The molecule has 0 bridgehead atoms. The van der Waals surface area contributed by atoms with Crippen LogP contribution in [0.25, 0.3) is 0 Å². The summed E-state index contributed by atoms with van der Waals surface area (Å²) in [6, 6.07) is 0. The highest BCUT2D eigenvalue weighted by atomic mass is 16.7. The molecule has 2 aliphatic heterocycles. The summed E-state index contributed by atoms with van der Waals surface area (Å²) in [4.78, 5) is 0. The second kappa shape index (κ2) is 6.70. The van der Waals surface area contributed by atoms with Crippen LogP contribution < -0.4 is 0 Å². The van der Waals surface area contributed by atoms with E-state index in [1.807, 2.05) is 0 Å². The molecule has 12 atom stereocenters. The predicted molar refractivity (Wildman–Crippen MR) is 118 cm³/mol. The van der Waals surface area contributed by atoms with Crippen LogP contribution in [0.4, 0.5) is 0 Å². The van der Waals surface area contributed by atoms with Gasteiger partial charge < -0.3 is 14.6 Å². The molecular weight excluding hydrogens is 372 g/mol. The molecule has 6 rings (SSSR count). The van der Waals surface area contributed by atoms with Gasteiger partial charge in [-0.15, -0.1) is 0 Å². The number of ether oxygens (including phenoxy) is 2. The Kier molecular flexibility index (Phi) is 4.58. The summed E-state index contributed by atoms with van der Waals surface area (Å²) in [7, 11) is 0. The predicted octanol–water partition coefficient (Wildman–Crippen LogP) is 5.79. The smallest absolute Gasteiger partial charge is 0.171 e. The van der Waals surface area contributed by atoms with Crippen LogP contribution in [-0.2, 0) is 9.47 Å². The Hall–Kier alpha value is -0.120. The fraction of sp³-hybridized carbons (Fsp3) is 1.00. The van der Waals surface area contributed by atoms with Crippen molar-refractivity contribution in [3.8, 4) is 0 Å². The molecule has 4 aliphatic carbocycles. The number of aliphatic hydroxyl groups excluding tert-OH is 1. The number of rotatable bonds is 0. The van der Waals surface area contributed by atoms with Gasteiger partial charge in [0.05, 0.1) is 18.8 Å². The van der Waals surface area contributed by atoms with Crippen molar-refractivity contribution in [1.82, 2.24) is 0 Å². The van der Waals surface area contributed by atoms with Crippen molar-refractivity contribution in [3.05, 3.63) is 0 Å². The van der Waals surface area contributed by atoms with Gasteiger partial charge >= 0.3 is 0 Å². The molecule has 0 aromatic heterocycles. The van der Waals surface area contributed by atoms with Gasteiger partial charge in [-0.3, -0.25) is 0 Å². The van der Waals surface area contributed by atoms with Crippen molar-refractivity contribution in [3.63, 3.8) is 0 Å². The highest BCUT2D eigenvalue weighted by Gasteiger charge is 2.69. The highest BCUT2D eigenvalue weighted by molar-refractivity contribution is 5.15. The van der Waals surface area contributed by atoms with Crippen molar-refractivity contribution >= 4 is 0 Å². The van der Waals surface area contributed by atoms with E-state index in [-0.39, 0.29) is 11.9 Å². The van der Waals surface area contributed by atoms with Crippen molar-refractivity contribution < 1.29 is 14.6 Å². The summed E-state index contributed by atoms with van der Waals surface area (Å²) >= 11 is 0. The molecule has 3 heteroatoms. The van der Waals surface area contributed by atoms with E-state index in [9.17, 15) is 5.11 Å². The lowest BCUT2D eigenvalue weighted by Gasteiger charge is -2.61. The third kappa shape index (κ3) is 2.61. The average molecular weight is 417 g/mol. The van der Waals surface area contributed by atoms with Crippen LogP contribution in [0.5, 0.6) is 0 Å². The number of hydrogen-bond acceptors (Lipinski definition) is 3. The van der Waals surface area contributed by atoms with Gasteiger partial charge in [-0.1, -0.05) is 27.7 Å². The molecule has 30 heavy (non-hydrogen) atoms. The molecule has 6 fully saturated rings. The Morgan fingerprint density at radius 2 is 1.63 bits per heavy atom. The maximum absolute atomic E-state index is 10.3. The topological polar surface area (TPSA) is 38.7 Å². The summed E-state index contributed by atoms with van der Waals surface area (Å²) in [5.74, 6) is 4.93. The van der Waals surface area contributed by atoms with Crippen LogP contribution in [0.15, 0.2) is 0 Å². The Morgan fingerprint density at radius 1 is 0.833 bits per heavy atom. The zero-order valence-electron chi connectivity index (χ0n) is 19.7. The lowest BCUT2D eigenvalue weighted by molar-refractivity contribution is -0.273. The minimum absolute atomic E-state index is 0.0389. The van der Waals surface area contributed by atoms with E-state index in [0.717, 1.165) is 49.5 Å². The van der Waals surface area contributed by atoms with Gasteiger partial charge in [0, 0.05) is 12.3 Å². The summed E-state index contributed by atoms with van der Waals surface area (Å²) in [6.45, 7) is 10.9. The first kappa shape index (κ1) is 20.5. The molecule has 2 heterocycles. The third-order valence-corrected chi connectivity index (χ3v) is 11.9. The van der Waals surface area contributed by atoms with Crippen LogP contribution in [0.1, 0.15) is 91.9 Å². The fourth-order valence-corrected chi connectivity index (χ4v) is 10.3. The first-order valence-corrected chi connectivity index (χ1v) is 13.3. The minimum atomic E-state index is -0.282. The average Bonchev–Trinajstić information content (AvgIpc) is 3.16. The van der Waals surface area contributed by atoms with Gasteiger partial charge in [0.2, 0.25) is 0 Å². The van der Waals surface area contributed by atoms with Crippen LogP contribution in [0.2, 0.25) is 0 Å². The Labute approximate surface area is 183 Å². The van der Waals surface area contributed by atoms with Gasteiger partial charge in [0.25, 0.3) is 0 Å². The highest BCUT2D eigenvalue weighted by Crippen LogP contribution is 2.71. The van der Waals surface area contributed by atoms with Crippen LogP contribution >= 0.6 is 0 Å². The molecule has 0 amide bonds. The zero-order chi connectivity index (χ0) is 20.9. The molecule has 0 radical (unpaired) electrons. The van der Waals surface area contributed by atoms with Gasteiger partial charge in [-0.2, -0.15) is 0 Å². The van der Waals surface area contributed by atoms with E-state index in [2.05, 4.69) is 27.7 Å². The lowest BCUT2D eigenvalue weighted by atomic mass is 9.44. The van der Waals surface area contributed by atoms with Crippen molar-refractivity contribution in [1.29, 1.82) is 0 Å². The van der Waals surface area contributed by atoms with E-state index in [1.54, 1.807) is 0 Å². The minimum Gasteiger partial charge on any atom is -0.393 e. The summed E-state index contributed by atoms with van der Waals surface area (Å²) < 4.78 is 13.4. The Morgan fingerprint density at radius 3 is 2.40 bits per heavy atom. The van der Waals surface area contributed by atoms with E-state index in [1.165, 1.54) is 44.9 Å². The molecule has 170 valence electrons. The van der Waals surface area contributed by atoms with E-state index in [4.69, 9.17) is 9.47 Å². The maximum atomic E-state index is 10.3. The van der Waals surface area contributed by atoms with E-state index in [0.29, 0.717) is 34.7 Å². The van der Waals surface area contributed by atoms with Gasteiger partial charge in [-0.25, -0.2) is 0 Å². The number of fused-ring (bicyclic) bond motifs is 7. The lowest BCUT2D eigenvalue weighted by Crippen LogP contribution is -2.55. The molecule has 0 aromatic carbocycles. The van der Waals surface area contributed by atoms with Crippen molar-refractivity contribution in [2.45, 2.75) is 110 Å². The largest absolute Gasteiger partial charge is 0.393 e. The monoisotopic (exact) mass is 416 g/mol. The Balaban J connectivity index is 1.26.